The standard InChI is InChI=1S/C19H22N2O3/c1-19(2,3)24-18(22)21-20-13-16-10-7-11-17(12-16)23-14-15-8-5-4-6-9-15/h4-13H,14H2,1-3H3,(H,21,22). The van der Waals surface area contributed by atoms with E-state index >= 15 is 0 Å². The summed E-state index contributed by atoms with van der Waals surface area (Å²) in [5, 5.41) is 3.88. The van der Waals surface area contributed by atoms with Gasteiger partial charge >= 0.3 is 6.09 Å². The van der Waals surface area contributed by atoms with Gasteiger partial charge in [0, 0.05) is 0 Å². The van der Waals surface area contributed by atoms with Gasteiger partial charge in [-0.2, -0.15) is 5.10 Å². The Morgan fingerprint density at radius 2 is 1.88 bits per heavy atom. The number of hydrogen-bond acceptors (Lipinski definition) is 4. The molecule has 2 rings (SSSR count). The average Bonchev–Trinajstić information content (AvgIpc) is 2.53. The lowest BCUT2D eigenvalue weighted by Gasteiger charge is -2.18. The van der Waals surface area contributed by atoms with Gasteiger partial charge in [0.05, 0.1) is 6.21 Å². The van der Waals surface area contributed by atoms with Crippen molar-refractivity contribution >= 4 is 12.3 Å². The van der Waals surface area contributed by atoms with Crippen molar-refractivity contribution in [2.24, 2.45) is 5.10 Å². The zero-order valence-corrected chi connectivity index (χ0v) is 14.2. The average molecular weight is 326 g/mol. The van der Waals surface area contributed by atoms with Crippen LogP contribution in [0, 0.1) is 0 Å². The molecule has 0 unspecified atom stereocenters. The SMILES string of the molecule is CC(C)(C)OC(=O)NN=Cc1cccc(OCc2ccccc2)c1. The molecule has 1 amide bonds. The van der Waals surface area contributed by atoms with E-state index in [0.717, 1.165) is 16.9 Å². The Labute approximate surface area is 142 Å². The van der Waals surface area contributed by atoms with Gasteiger partial charge in [0.15, 0.2) is 0 Å². The van der Waals surface area contributed by atoms with Gasteiger partial charge in [-0.3, -0.25) is 0 Å². The summed E-state index contributed by atoms with van der Waals surface area (Å²) in [6.07, 6.45) is 0.953. The van der Waals surface area contributed by atoms with Crippen molar-refractivity contribution in [3.05, 3.63) is 65.7 Å². The van der Waals surface area contributed by atoms with Crippen molar-refractivity contribution in [1.82, 2.24) is 5.43 Å². The minimum atomic E-state index is -0.588. The van der Waals surface area contributed by atoms with Crippen LogP contribution in [0.25, 0.3) is 0 Å². The number of rotatable bonds is 5. The Bertz CT molecular complexity index is 691. The van der Waals surface area contributed by atoms with Gasteiger partial charge in [-0.1, -0.05) is 42.5 Å². The van der Waals surface area contributed by atoms with E-state index in [0.29, 0.717) is 6.61 Å². The van der Waals surface area contributed by atoms with Crippen LogP contribution in [-0.2, 0) is 11.3 Å². The third-order valence-electron chi connectivity index (χ3n) is 2.87. The van der Waals surface area contributed by atoms with Gasteiger partial charge in [0.1, 0.15) is 18.0 Å². The van der Waals surface area contributed by atoms with Crippen molar-refractivity contribution in [3.8, 4) is 5.75 Å². The first kappa shape index (κ1) is 17.5. The van der Waals surface area contributed by atoms with Crippen LogP contribution in [0.15, 0.2) is 59.7 Å². The predicted octanol–water partition coefficient (Wildman–Crippen LogP) is 4.12. The number of carbonyl (C=O) groups is 1. The van der Waals surface area contributed by atoms with Gasteiger partial charge in [-0.25, -0.2) is 10.2 Å². The molecular weight excluding hydrogens is 304 g/mol. The van der Waals surface area contributed by atoms with Gasteiger partial charge in [0.2, 0.25) is 0 Å². The quantitative estimate of drug-likeness (QED) is 0.664. The molecule has 126 valence electrons. The first-order valence-corrected chi connectivity index (χ1v) is 7.71. The molecule has 0 radical (unpaired) electrons. The zero-order chi connectivity index (χ0) is 17.4. The van der Waals surface area contributed by atoms with Crippen molar-refractivity contribution in [2.75, 3.05) is 0 Å². The van der Waals surface area contributed by atoms with Crippen LogP contribution in [0.3, 0.4) is 0 Å². The second-order valence-electron chi connectivity index (χ2n) is 6.22. The van der Waals surface area contributed by atoms with Crippen LogP contribution in [0.2, 0.25) is 0 Å². The fraction of sp³-hybridized carbons (Fsp3) is 0.263. The van der Waals surface area contributed by atoms with E-state index in [9.17, 15) is 4.79 Å². The summed E-state index contributed by atoms with van der Waals surface area (Å²) in [6, 6.07) is 17.4. The highest BCUT2D eigenvalue weighted by atomic mass is 16.6. The summed E-state index contributed by atoms with van der Waals surface area (Å²) in [4.78, 5) is 11.5. The molecule has 2 aromatic rings. The third kappa shape index (κ3) is 6.52. The molecule has 24 heavy (non-hydrogen) atoms. The molecule has 0 fully saturated rings. The van der Waals surface area contributed by atoms with Crippen molar-refractivity contribution < 1.29 is 14.3 Å². The second-order valence-corrected chi connectivity index (χ2v) is 6.22. The maximum absolute atomic E-state index is 11.5. The molecule has 0 aromatic heterocycles. The van der Waals surface area contributed by atoms with Crippen LogP contribution < -0.4 is 10.2 Å². The van der Waals surface area contributed by atoms with Gasteiger partial charge in [-0.05, 0) is 44.0 Å². The molecule has 0 aliphatic rings. The first-order valence-electron chi connectivity index (χ1n) is 7.71. The second kappa shape index (κ2) is 8.15. The summed E-state index contributed by atoms with van der Waals surface area (Å²) < 4.78 is 10.9. The van der Waals surface area contributed by atoms with Crippen LogP contribution in [0.4, 0.5) is 4.79 Å². The number of carbonyl (C=O) groups excluding carboxylic acids is 1. The van der Waals surface area contributed by atoms with E-state index < -0.39 is 11.7 Å². The molecule has 1 N–H and O–H groups in total. The van der Waals surface area contributed by atoms with E-state index in [1.165, 1.54) is 0 Å². The predicted molar refractivity (Wildman–Crippen MR) is 94.2 cm³/mol. The molecule has 0 bridgehead atoms. The topological polar surface area (TPSA) is 59.9 Å². The maximum atomic E-state index is 11.5. The van der Waals surface area contributed by atoms with E-state index in [-0.39, 0.29) is 0 Å². The molecule has 0 aliphatic carbocycles. The molecule has 5 nitrogen and oxygen atoms in total. The Morgan fingerprint density at radius 3 is 2.58 bits per heavy atom. The van der Waals surface area contributed by atoms with Crippen LogP contribution >= 0.6 is 0 Å². The van der Waals surface area contributed by atoms with E-state index in [1.54, 1.807) is 27.0 Å². The highest BCUT2D eigenvalue weighted by Gasteiger charge is 2.15. The lowest BCUT2D eigenvalue weighted by Crippen LogP contribution is -2.29. The Morgan fingerprint density at radius 1 is 1.12 bits per heavy atom. The van der Waals surface area contributed by atoms with Crippen molar-refractivity contribution in [1.29, 1.82) is 0 Å². The highest BCUT2D eigenvalue weighted by Crippen LogP contribution is 2.14. The Kier molecular flexibility index (Phi) is 5.95. The number of benzene rings is 2. The third-order valence-corrected chi connectivity index (χ3v) is 2.87. The molecule has 0 saturated carbocycles. The lowest BCUT2D eigenvalue weighted by atomic mass is 10.2. The minimum Gasteiger partial charge on any atom is -0.489 e. The number of nitrogens with one attached hydrogen (secondary N) is 1. The van der Waals surface area contributed by atoms with Crippen LogP contribution in [0.1, 0.15) is 31.9 Å². The van der Waals surface area contributed by atoms with Gasteiger partial charge in [-0.15, -0.1) is 0 Å². The van der Waals surface area contributed by atoms with E-state index in [1.807, 2.05) is 54.6 Å². The first-order chi connectivity index (χ1) is 11.4. The normalized spacial score (nSPS) is 11.3. The van der Waals surface area contributed by atoms with Gasteiger partial charge in [0.25, 0.3) is 0 Å². The summed E-state index contributed by atoms with van der Waals surface area (Å²) in [7, 11) is 0. The molecular formula is C19H22N2O3. The maximum Gasteiger partial charge on any atom is 0.428 e. The molecule has 0 spiro atoms. The largest absolute Gasteiger partial charge is 0.489 e. The number of hydrogen-bond donors (Lipinski definition) is 1. The fourth-order valence-electron chi connectivity index (χ4n) is 1.89. The molecule has 0 atom stereocenters. The number of amides is 1. The molecule has 2 aromatic carbocycles. The summed E-state index contributed by atoms with van der Waals surface area (Å²) in [6.45, 7) is 5.88. The van der Waals surface area contributed by atoms with Gasteiger partial charge < -0.3 is 9.47 Å². The van der Waals surface area contributed by atoms with Crippen LogP contribution in [0.5, 0.6) is 5.75 Å². The molecule has 5 heteroatoms. The summed E-state index contributed by atoms with van der Waals surface area (Å²) in [5.41, 5.74) is 3.70. The Balaban J connectivity index is 1.88. The van der Waals surface area contributed by atoms with Crippen molar-refractivity contribution in [2.45, 2.75) is 33.0 Å². The zero-order valence-electron chi connectivity index (χ0n) is 14.2. The monoisotopic (exact) mass is 326 g/mol. The Hall–Kier alpha value is -2.82. The summed E-state index contributed by atoms with van der Waals surface area (Å²) in [5.74, 6) is 0.736. The van der Waals surface area contributed by atoms with E-state index in [2.05, 4.69) is 10.5 Å². The molecule has 0 saturated heterocycles. The van der Waals surface area contributed by atoms with Crippen molar-refractivity contribution in [3.63, 3.8) is 0 Å². The molecule has 0 aliphatic heterocycles. The van der Waals surface area contributed by atoms with Crippen LogP contribution in [-0.4, -0.2) is 17.9 Å². The minimum absolute atomic E-state index is 0.498. The summed E-state index contributed by atoms with van der Waals surface area (Å²) >= 11 is 0. The smallest absolute Gasteiger partial charge is 0.428 e. The highest BCUT2D eigenvalue weighted by molar-refractivity contribution is 5.81. The number of nitrogens with zero attached hydrogens (tertiary/aromatic N) is 1. The lowest BCUT2D eigenvalue weighted by molar-refractivity contribution is 0.0529. The molecule has 0 heterocycles. The fourth-order valence-corrected chi connectivity index (χ4v) is 1.89. The number of ether oxygens (including phenoxy) is 2. The van der Waals surface area contributed by atoms with E-state index in [4.69, 9.17) is 9.47 Å². The number of hydrazone groups is 1.